The Hall–Kier alpha value is -3.15. The molecule has 0 saturated carbocycles. The summed E-state index contributed by atoms with van der Waals surface area (Å²) in [5.41, 5.74) is 0. The van der Waals surface area contributed by atoms with Crippen molar-refractivity contribution in [2.24, 2.45) is 0 Å². The number of carbonyl (C=O) groups excluding carboxylic acids is 3. The highest BCUT2D eigenvalue weighted by molar-refractivity contribution is 5.71. The number of unbranched alkanes of at least 4 members (excludes halogenated alkanes) is 20. The van der Waals surface area contributed by atoms with Gasteiger partial charge in [0.05, 0.1) is 0 Å². The first-order chi connectivity index (χ1) is 29.0. The maximum absolute atomic E-state index is 12.7. The van der Waals surface area contributed by atoms with E-state index in [0.717, 1.165) is 109 Å². The van der Waals surface area contributed by atoms with Crippen molar-refractivity contribution >= 4 is 17.9 Å². The van der Waals surface area contributed by atoms with E-state index in [1.165, 1.54) is 77.0 Å². The van der Waals surface area contributed by atoms with E-state index in [4.69, 9.17) is 14.2 Å². The van der Waals surface area contributed by atoms with Crippen molar-refractivity contribution < 1.29 is 28.6 Å². The number of ether oxygens (including phenoxy) is 3. The van der Waals surface area contributed by atoms with Crippen LogP contribution in [0.1, 0.15) is 226 Å². The molecule has 59 heavy (non-hydrogen) atoms. The summed E-state index contributed by atoms with van der Waals surface area (Å²) in [5, 5.41) is 0. The molecule has 1 unspecified atom stereocenters. The van der Waals surface area contributed by atoms with Gasteiger partial charge in [-0.3, -0.25) is 14.4 Å². The Morgan fingerprint density at radius 3 is 1.05 bits per heavy atom. The monoisotopic (exact) mass is 823 g/mol. The van der Waals surface area contributed by atoms with Crippen LogP contribution in [0.5, 0.6) is 0 Å². The number of rotatable bonds is 43. The molecule has 0 aliphatic heterocycles. The molecule has 6 nitrogen and oxygen atoms in total. The number of hydrogen-bond acceptors (Lipinski definition) is 6. The van der Waals surface area contributed by atoms with Crippen molar-refractivity contribution in [3.05, 3.63) is 72.9 Å². The van der Waals surface area contributed by atoms with Gasteiger partial charge in [0.15, 0.2) is 6.10 Å². The normalized spacial score (nSPS) is 12.7. The molecule has 0 bridgehead atoms. The van der Waals surface area contributed by atoms with E-state index in [1.54, 1.807) is 0 Å². The van der Waals surface area contributed by atoms with Crippen molar-refractivity contribution in [3.8, 4) is 0 Å². The number of hydrogen-bond donors (Lipinski definition) is 0. The predicted molar refractivity (Wildman–Crippen MR) is 251 cm³/mol. The van der Waals surface area contributed by atoms with Crippen LogP contribution in [0, 0.1) is 0 Å². The average Bonchev–Trinajstić information content (AvgIpc) is 3.23. The van der Waals surface area contributed by atoms with Gasteiger partial charge in [0.1, 0.15) is 13.2 Å². The fourth-order valence-corrected chi connectivity index (χ4v) is 6.52. The minimum atomic E-state index is -0.789. The van der Waals surface area contributed by atoms with Crippen LogP contribution in [0.15, 0.2) is 72.9 Å². The van der Waals surface area contributed by atoms with Crippen LogP contribution in [0.2, 0.25) is 0 Å². The van der Waals surface area contributed by atoms with Crippen LogP contribution in [0.3, 0.4) is 0 Å². The third kappa shape index (κ3) is 45.8. The lowest BCUT2D eigenvalue weighted by Gasteiger charge is -2.18. The van der Waals surface area contributed by atoms with Crippen LogP contribution in [-0.2, 0) is 28.6 Å². The highest BCUT2D eigenvalue weighted by Gasteiger charge is 2.19. The van der Waals surface area contributed by atoms with E-state index >= 15 is 0 Å². The predicted octanol–water partition coefficient (Wildman–Crippen LogP) is 15.9. The smallest absolute Gasteiger partial charge is 0.306 e. The molecule has 338 valence electrons. The lowest BCUT2D eigenvalue weighted by molar-refractivity contribution is -0.167. The summed E-state index contributed by atoms with van der Waals surface area (Å²) in [7, 11) is 0. The van der Waals surface area contributed by atoms with Crippen molar-refractivity contribution in [1.29, 1.82) is 0 Å². The zero-order chi connectivity index (χ0) is 43.0. The summed E-state index contributed by atoms with van der Waals surface area (Å²) in [6.07, 6.45) is 59.3. The zero-order valence-corrected chi connectivity index (χ0v) is 38.5. The van der Waals surface area contributed by atoms with E-state index in [1.807, 2.05) is 0 Å². The Labute approximate surface area is 363 Å². The molecule has 0 aliphatic rings. The second kappa shape index (κ2) is 47.5. The summed E-state index contributed by atoms with van der Waals surface area (Å²) in [6, 6.07) is 0. The van der Waals surface area contributed by atoms with Gasteiger partial charge in [0.25, 0.3) is 0 Å². The molecule has 0 aromatic rings. The number of allylic oxidation sites excluding steroid dienone is 12. The Kier molecular flexibility index (Phi) is 45.0. The van der Waals surface area contributed by atoms with Crippen LogP contribution in [0.4, 0.5) is 0 Å². The summed E-state index contributed by atoms with van der Waals surface area (Å²) in [6.45, 7) is 6.38. The molecule has 0 rings (SSSR count). The van der Waals surface area contributed by atoms with Gasteiger partial charge in [-0.15, -0.1) is 0 Å². The molecule has 1 atom stereocenters. The summed E-state index contributed by atoms with van der Waals surface area (Å²) >= 11 is 0. The van der Waals surface area contributed by atoms with Gasteiger partial charge in [-0.1, -0.05) is 190 Å². The molecule has 0 saturated heterocycles. The molecule has 0 radical (unpaired) electrons. The van der Waals surface area contributed by atoms with Gasteiger partial charge in [0, 0.05) is 19.3 Å². The van der Waals surface area contributed by atoms with E-state index in [2.05, 4.69) is 93.7 Å². The van der Waals surface area contributed by atoms with E-state index in [-0.39, 0.29) is 31.1 Å². The second-order valence-corrected chi connectivity index (χ2v) is 16.0. The minimum Gasteiger partial charge on any atom is -0.462 e. The molecule has 0 fully saturated rings. The first-order valence-corrected chi connectivity index (χ1v) is 24.4. The van der Waals surface area contributed by atoms with E-state index in [0.29, 0.717) is 19.3 Å². The third-order valence-electron chi connectivity index (χ3n) is 10.2. The van der Waals surface area contributed by atoms with Crippen LogP contribution >= 0.6 is 0 Å². The highest BCUT2D eigenvalue weighted by Crippen LogP contribution is 2.13. The van der Waals surface area contributed by atoms with Gasteiger partial charge >= 0.3 is 17.9 Å². The van der Waals surface area contributed by atoms with Gasteiger partial charge in [-0.05, 0) is 89.9 Å². The number of esters is 3. The highest BCUT2D eigenvalue weighted by atomic mass is 16.6. The summed E-state index contributed by atoms with van der Waals surface area (Å²) < 4.78 is 16.6. The Bertz CT molecular complexity index is 1130. The molecule has 6 heteroatoms. The SMILES string of the molecule is CC/C=C\C/C=C\C/C=C\CCCCCC(=O)OC(COC(=O)CCCCCCC)COC(=O)CCCCCCCCCC/C=C\C/C=C\C/C=C\CCCCCCC. The largest absolute Gasteiger partial charge is 0.462 e. The van der Waals surface area contributed by atoms with Crippen molar-refractivity contribution in [2.75, 3.05) is 13.2 Å². The molecular formula is C53H90O6. The lowest BCUT2D eigenvalue weighted by Crippen LogP contribution is -2.30. The molecule has 0 aliphatic carbocycles. The fraction of sp³-hybridized carbons (Fsp3) is 0.717. The quantitative estimate of drug-likeness (QED) is 0.0264. The van der Waals surface area contributed by atoms with Gasteiger partial charge in [-0.2, -0.15) is 0 Å². The molecule has 0 aromatic heterocycles. The Balaban J connectivity index is 4.18. The van der Waals surface area contributed by atoms with Crippen LogP contribution < -0.4 is 0 Å². The van der Waals surface area contributed by atoms with Gasteiger partial charge < -0.3 is 14.2 Å². The molecule has 0 amide bonds. The lowest BCUT2D eigenvalue weighted by atomic mass is 10.1. The van der Waals surface area contributed by atoms with Crippen LogP contribution in [0.25, 0.3) is 0 Å². The van der Waals surface area contributed by atoms with E-state index in [9.17, 15) is 14.4 Å². The third-order valence-corrected chi connectivity index (χ3v) is 10.2. The summed E-state index contributed by atoms with van der Waals surface area (Å²) in [5.74, 6) is -0.946. The number of carbonyl (C=O) groups is 3. The topological polar surface area (TPSA) is 78.9 Å². The standard InChI is InChI=1S/C53H90O6/c1-4-7-10-13-15-17-19-21-22-23-24-25-26-27-28-29-30-32-33-35-37-40-43-46-52(55)58-49-50(48-57-51(54)45-42-39-12-9-6-3)59-53(56)47-44-41-38-36-34-31-20-18-16-14-11-8-5-2/h8,11,16,18-19,21,23-24,26-27,31,34,50H,4-7,9-10,12-15,17,20,22,25,28-30,32-33,35-49H2,1-3H3/b11-8-,18-16-,21-19-,24-23-,27-26-,34-31-. The minimum absolute atomic E-state index is 0.0912. The molecule has 0 heterocycles. The van der Waals surface area contributed by atoms with Crippen molar-refractivity contribution in [2.45, 2.75) is 232 Å². The maximum atomic E-state index is 12.7. The molecule has 0 aromatic carbocycles. The molecule has 0 N–H and O–H groups in total. The van der Waals surface area contributed by atoms with Gasteiger partial charge in [0.2, 0.25) is 0 Å². The molecular weight excluding hydrogens is 733 g/mol. The first-order valence-electron chi connectivity index (χ1n) is 24.4. The van der Waals surface area contributed by atoms with E-state index < -0.39 is 6.10 Å². The zero-order valence-electron chi connectivity index (χ0n) is 38.5. The van der Waals surface area contributed by atoms with Crippen LogP contribution in [-0.4, -0.2) is 37.2 Å². The fourth-order valence-electron chi connectivity index (χ4n) is 6.52. The van der Waals surface area contributed by atoms with Gasteiger partial charge in [-0.25, -0.2) is 0 Å². The van der Waals surface area contributed by atoms with Crippen molar-refractivity contribution in [1.82, 2.24) is 0 Å². The molecule has 0 spiro atoms. The average molecular weight is 823 g/mol. The second-order valence-electron chi connectivity index (χ2n) is 16.0. The Morgan fingerprint density at radius 2 is 0.661 bits per heavy atom. The summed E-state index contributed by atoms with van der Waals surface area (Å²) in [4.78, 5) is 37.5. The Morgan fingerprint density at radius 1 is 0.356 bits per heavy atom. The van der Waals surface area contributed by atoms with Crippen molar-refractivity contribution in [3.63, 3.8) is 0 Å². The first kappa shape index (κ1) is 55.9. The maximum Gasteiger partial charge on any atom is 0.306 e.